The maximum atomic E-state index is 4.26. The summed E-state index contributed by atoms with van der Waals surface area (Å²) in [6, 6.07) is 11.2. The molecule has 0 saturated heterocycles. The molecule has 130 valence electrons. The van der Waals surface area contributed by atoms with E-state index in [1.54, 1.807) is 27.6 Å². The van der Waals surface area contributed by atoms with Crippen LogP contribution in [-0.4, -0.2) is 18.8 Å². The summed E-state index contributed by atoms with van der Waals surface area (Å²) in [5.41, 5.74) is 7.25. The molecule has 3 heterocycles. The number of thiol groups is 1. The van der Waals surface area contributed by atoms with Gasteiger partial charge in [-0.3, -0.25) is 0 Å². The SMILES string of the molecule is SSCC[n+]1ccccc1/C=C/c1cc2c3c(c1)CCCN3CCC2. The van der Waals surface area contributed by atoms with Gasteiger partial charge in [0.2, 0.25) is 5.69 Å². The van der Waals surface area contributed by atoms with Gasteiger partial charge in [0.15, 0.2) is 12.7 Å². The van der Waals surface area contributed by atoms with Crippen LogP contribution >= 0.6 is 22.5 Å². The molecule has 2 nitrogen and oxygen atoms in total. The van der Waals surface area contributed by atoms with Gasteiger partial charge in [0.25, 0.3) is 0 Å². The Labute approximate surface area is 159 Å². The first-order chi connectivity index (χ1) is 12.3. The molecule has 0 N–H and O–H groups in total. The monoisotopic (exact) mass is 369 g/mol. The van der Waals surface area contributed by atoms with E-state index in [2.05, 4.69) is 69.8 Å². The van der Waals surface area contributed by atoms with Gasteiger partial charge < -0.3 is 4.90 Å². The van der Waals surface area contributed by atoms with Gasteiger partial charge in [-0.25, -0.2) is 0 Å². The second-order valence-corrected chi connectivity index (χ2v) is 8.31. The molecular weight excluding hydrogens is 344 g/mol. The minimum atomic E-state index is 0.985. The summed E-state index contributed by atoms with van der Waals surface area (Å²) in [5.74, 6) is 1.01. The van der Waals surface area contributed by atoms with Crippen LogP contribution in [0.15, 0.2) is 36.5 Å². The average Bonchev–Trinajstić information content (AvgIpc) is 2.66. The molecule has 0 radical (unpaired) electrons. The molecule has 1 aromatic carbocycles. The lowest BCUT2D eigenvalue weighted by Gasteiger charge is -2.37. The maximum absolute atomic E-state index is 4.26. The Balaban J connectivity index is 1.63. The maximum Gasteiger partial charge on any atom is 0.205 e. The second kappa shape index (κ2) is 7.88. The lowest BCUT2D eigenvalue weighted by atomic mass is 9.90. The van der Waals surface area contributed by atoms with Crippen LogP contribution in [0.2, 0.25) is 0 Å². The van der Waals surface area contributed by atoms with Crippen LogP contribution < -0.4 is 9.47 Å². The second-order valence-electron chi connectivity index (χ2n) is 6.87. The number of aryl methyl sites for hydroxylation is 3. The van der Waals surface area contributed by atoms with E-state index in [1.165, 1.54) is 50.0 Å². The summed E-state index contributed by atoms with van der Waals surface area (Å²) in [5, 5.41) is 0. The molecule has 0 spiro atoms. The molecular formula is C21H25N2S2+. The Kier molecular flexibility index (Phi) is 5.37. The van der Waals surface area contributed by atoms with E-state index in [1.807, 2.05) is 0 Å². The first kappa shape index (κ1) is 17.0. The van der Waals surface area contributed by atoms with Crippen molar-refractivity contribution < 1.29 is 4.57 Å². The van der Waals surface area contributed by atoms with Crippen molar-refractivity contribution in [1.82, 2.24) is 0 Å². The molecule has 4 heteroatoms. The molecule has 2 aliphatic rings. The largest absolute Gasteiger partial charge is 0.371 e. The number of rotatable bonds is 5. The molecule has 0 aliphatic carbocycles. The van der Waals surface area contributed by atoms with E-state index >= 15 is 0 Å². The van der Waals surface area contributed by atoms with E-state index in [-0.39, 0.29) is 0 Å². The molecule has 25 heavy (non-hydrogen) atoms. The van der Waals surface area contributed by atoms with Crippen molar-refractivity contribution in [2.24, 2.45) is 0 Å². The predicted molar refractivity (Wildman–Crippen MR) is 112 cm³/mol. The highest BCUT2D eigenvalue weighted by molar-refractivity contribution is 8.68. The van der Waals surface area contributed by atoms with Gasteiger partial charge in [-0.2, -0.15) is 4.57 Å². The van der Waals surface area contributed by atoms with Crippen molar-refractivity contribution in [2.75, 3.05) is 23.7 Å². The molecule has 4 rings (SSSR count). The third-order valence-electron chi connectivity index (χ3n) is 5.20. The van der Waals surface area contributed by atoms with Gasteiger partial charge in [0.05, 0.1) is 5.75 Å². The topological polar surface area (TPSA) is 7.12 Å². The molecule has 0 unspecified atom stereocenters. The smallest absolute Gasteiger partial charge is 0.205 e. The predicted octanol–water partition coefficient (Wildman–Crippen LogP) is 4.42. The summed E-state index contributed by atoms with van der Waals surface area (Å²) in [6.07, 6.45) is 11.7. The van der Waals surface area contributed by atoms with Gasteiger partial charge >= 0.3 is 0 Å². The van der Waals surface area contributed by atoms with Crippen molar-refractivity contribution >= 4 is 40.3 Å². The average molecular weight is 370 g/mol. The van der Waals surface area contributed by atoms with E-state index in [0.29, 0.717) is 0 Å². The molecule has 0 fully saturated rings. The standard InChI is InChI=1S/C21H24N2S2/c24-25-14-13-22-10-2-1-7-20(22)9-8-17-15-18-5-3-11-23-12-4-6-19(16-17)21(18)23/h1-2,7-10,15-16H,3-6,11-14H2/p+1. The number of hydrogen-bond donors (Lipinski definition) is 1. The minimum Gasteiger partial charge on any atom is -0.371 e. The summed E-state index contributed by atoms with van der Waals surface area (Å²) >= 11 is 4.26. The van der Waals surface area contributed by atoms with Gasteiger partial charge in [-0.05, 0) is 66.6 Å². The molecule has 2 aliphatic heterocycles. The van der Waals surface area contributed by atoms with Crippen LogP contribution in [0, 0.1) is 0 Å². The van der Waals surface area contributed by atoms with Gasteiger partial charge in [0, 0.05) is 37.0 Å². The van der Waals surface area contributed by atoms with Gasteiger partial charge in [0.1, 0.15) is 0 Å². The lowest BCUT2D eigenvalue weighted by Crippen LogP contribution is -2.37. The quantitative estimate of drug-likeness (QED) is 0.474. The van der Waals surface area contributed by atoms with Crippen LogP contribution in [0.3, 0.4) is 0 Å². The number of benzene rings is 1. The molecule has 2 aromatic rings. The van der Waals surface area contributed by atoms with Crippen molar-refractivity contribution in [3.05, 3.63) is 58.9 Å². The normalized spacial score (nSPS) is 16.3. The zero-order valence-corrected chi connectivity index (χ0v) is 16.2. The highest BCUT2D eigenvalue weighted by atomic mass is 33.1. The fourth-order valence-corrected chi connectivity index (χ4v) is 4.62. The summed E-state index contributed by atoms with van der Waals surface area (Å²) in [4.78, 5) is 2.60. The molecule has 0 saturated carbocycles. The number of hydrogen-bond acceptors (Lipinski definition) is 3. The number of pyridine rings is 1. The summed E-state index contributed by atoms with van der Waals surface area (Å²) in [7, 11) is 1.59. The Morgan fingerprint density at radius 3 is 2.56 bits per heavy atom. The van der Waals surface area contributed by atoms with E-state index in [9.17, 15) is 0 Å². The van der Waals surface area contributed by atoms with Crippen LogP contribution in [-0.2, 0) is 19.4 Å². The molecule has 0 bridgehead atoms. The zero-order chi connectivity index (χ0) is 17.1. The van der Waals surface area contributed by atoms with Crippen molar-refractivity contribution in [3.63, 3.8) is 0 Å². The van der Waals surface area contributed by atoms with Crippen LogP contribution in [0.4, 0.5) is 5.69 Å². The molecule has 1 aromatic heterocycles. The highest BCUT2D eigenvalue weighted by Gasteiger charge is 2.23. The first-order valence-electron chi connectivity index (χ1n) is 9.19. The van der Waals surface area contributed by atoms with Crippen molar-refractivity contribution in [3.8, 4) is 0 Å². The zero-order valence-electron chi connectivity index (χ0n) is 14.5. The third kappa shape index (κ3) is 3.75. The summed E-state index contributed by atoms with van der Waals surface area (Å²) in [6.45, 7) is 3.46. The Morgan fingerprint density at radius 2 is 1.84 bits per heavy atom. The van der Waals surface area contributed by atoms with Crippen LogP contribution in [0.5, 0.6) is 0 Å². The first-order valence-corrected chi connectivity index (χ1v) is 11.2. The number of anilines is 1. The Hall–Kier alpha value is -1.39. The van der Waals surface area contributed by atoms with Crippen LogP contribution in [0.1, 0.15) is 35.2 Å². The highest BCUT2D eigenvalue weighted by Crippen LogP contribution is 2.36. The van der Waals surface area contributed by atoms with Gasteiger partial charge in [-0.15, -0.1) is 11.7 Å². The van der Waals surface area contributed by atoms with Crippen molar-refractivity contribution in [1.29, 1.82) is 0 Å². The van der Waals surface area contributed by atoms with Gasteiger partial charge in [-0.1, -0.05) is 10.8 Å². The number of aromatic nitrogens is 1. The number of nitrogens with zero attached hydrogens (tertiary/aromatic N) is 2. The van der Waals surface area contributed by atoms with E-state index < -0.39 is 0 Å². The minimum absolute atomic E-state index is 0.985. The van der Waals surface area contributed by atoms with E-state index in [0.717, 1.165) is 12.3 Å². The Bertz CT molecular complexity index is 754. The lowest BCUT2D eigenvalue weighted by molar-refractivity contribution is -0.694. The fraction of sp³-hybridized carbons (Fsp3) is 0.381. The molecule has 0 atom stereocenters. The van der Waals surface area contributed by atoms with Crippen molar-refractivity contribution in [2.45, 2.75) is 32.2 Å². The van der Waals surface area contributed by atoms with Crippen LogP contribution in [0.25, 0.3) is 12.2 Å². The fourth-order valence-electron chi connectivity index (χ4n) is 4.09. The Morgan fingerprint density at radius 1 is 1.08 bits per heavy atom. The molecule has 0 amide bonds. The third-order valence-corrected chi connectivity index (χ3v) is 6.11. The summed E-state index contributed by atoms with van der Waals surface area (Å²) < 4.78 is 2.30. The van der Waals surface area contributed by atoms with E-state index in [4.69, 9.17) is 0 Å².